The van der Waals surface area contributed by atoms with Crippen molar-refractivity contribution in [1.29, 1.82) is 0 Å². The normalized spacial score (nSPS) is 13.3. The van der Waals surface area contributed by atoms with Crippen LogP contribution in [0.1, 0.15) is 77.6 Å². The van der Waals surface area contributed by atoms with Gasteiger partial charge in [-0.15, -0.1) is 11.3 Å². The molecule has 0 radical (unpaired) electrons. The van der Waals surface area contributed by atoms with E-state index in [1.165, 1.54) is 92.4 Å². The van der Waals surface area contributed by atoms with Crippen LogP contribution in [0, 0.1) is 0 Å². The number of aromatic nitrogens is 1. The number of hydrogen-bond acceptors (Lipinski definition) is 3. The van der Waals surface area contributed by atoms with E-state index < -0.39 is 0 Å². The summed E-state index contributed by atoms with van der Waals surface area (Å²) in [6.45, 7) is 18.7. The Hall–Kier alpha value is -7.92. The van der Waals surface area contributed by atoms with Gasteiger partial charge in [0.15, 0.2) is 0 Å². The molecule has 0 saturated heterocycles. The molecule has 0 saturated carbocycles. The topological polar surface area (TPSA) is 10.9 Å². The third-order valence-electron chi connectivity index (χ3n) is 15.5. The fourth-order valence-corrected chi connectivity index (χ4v) is 13.1. The van der Waals surface area contributed by atoms with Crippen LogP contribution in [0.25, 0.3) is 70.1 Å². The molecule has 0 amide bonds. The van der Waals surface area contributed by atoms with Gasteiger partial charge in [0.2, 0.25) is 0 Å². The first-order valence-corrected chi connectivity index (χ1v) is 26.6. The molecule has 3 aromatic heterocycles. The van der Waals surface area contributed by atoms with Gasteiger partial charge in [-0.1, -0.05) is 189 Å². The standard InChI is InChI=1S/C69H59N3S/c1-67(2,3)48-26-17-30-52(40-48)70(50-28-15-24-46(38-50)44-20-11-9-12-21-44)54-34-36-56-60(42-54)69(7,8)62-58-32-19-33-59-63(58)72(64(56)62)65-57-37-35-55(43-61(57)73-66(59)65)71(53-31-18-27-49(41-53)68(4,5)6)51-29-16-25-47(39-51)45-22-13-10-14-23-45/h9-43H,1-8H3. The van der Waals surface area contributed by atoms with Crippen LogP contribution in [0.2, 0.25) is 0 Å². The molecule has 0 aliphatic heterocycles. The third kappa shape index (κ3) is 7.29. The molecule has 3 heterocycles. The summed E-state index contributed by atoms with van der Waals surface area (Å²) in [5, 5.41) is 3.95. The van der Waals surface area contributed by atoms with Gasteiger partial charge in [0.1, 0.15) is 0 Å². The average molecular weight is 962 g/mol. The van der Waals surface area contributed by atoms with Crippen molar-refractivity contribution in [1.82, 2.24) is 4.40 Å². The Kier molecular flexibility index (Phi) is 10.2. The van der Waals surface area contributed by atoms with Crippen molar-refractivity contribution in [3.63, 3.8) is 0 Å². The molecular formula is C69H59N3S. The Bertz CT molecular complexity index is 4080. The molecule has 3 nitrogen and oxygen atoms in total. The largest absolute Gasteiger partial charge is 0.310 e. The van der Waals surface area contributed by atoms with Crippen LogP contribution in [0.15, 0.2) is 212 Å². The minimum absolute atomic E-state index is 0.00163. The van der Waals surface area contributed by atoms with Crippen molar-refractivity contribution in [2.45, 2.75) is 71.6 Å². The molecule has 13 rings (SSSR count). The maximum atomic E-state index is 2.64. The van der Waals surface area contributed by atoms with Gasteiger partial charge in [0.05, 0.1) is 21.4 Å². The first-order valence-electron chi connectivity index (χ1n) is 25.7. The lowest BCUT2D eigenvalue weighted by molar-refractivity contribution is 0.590. The quantitative estimate of drug-likeness (QED) is 0.150. The predicted molar refractivity (Wildman–Crippen MR) is 314 cm³/mol. The number of benzene rings is 9. The Morgan fingerprint density at radius 3 is 1.42 bits per heavy atom. The van der Waals surface area contributed by atoms with E-state index in [4.69, 9.17) is 0 Å². The molecule has 0 unspecified atom stereocenters. The second-order valence-electron chi connectivity index (χ2n) is 22.7. The maximum Gasteiger partial charge on any atom is 0.0728 e. The van der Waals surface area contributed by atoms with Crippen LogP contribution < -0.4 is 9.80 Å². The van der Waals surface area contributed by atoms with Crippen LogP contribution in [0.5, 0.6) is 0 Å². The summed E-state index contributed by atoms with van der Waals surface area (Å²) in [6, 6.07) is 79.1. The Labute approximate surface area is 433 Å². The summed E-state index contributed by atoms with van der Waals surface area (Å²) in [5.41, 5.74) is 22.1. The summed E-state index contributed by atoms with van der Waals surface area (Å²) in [6.07, 6.45) is 0. The minimum Gasteiger partial charge on any atom is -0.310 e. The summed E-state index contributed by atoms with van der Waals surface area (Å²) in [7, 11) is 0. The summed E-state index contributed by atoms with van der Waals surface area (Å²) in [4.78, 5) is 4.91. The fraction of sp³-hybridized carbons (Fsp3) is 0.159. The maximum absolute atomic E-state index is 2.64. The van der Waals surface area contributed by atoms with E-state index in [0.29, 0.717) is 0 Å². The lowest BCUT2D eigenvalue weighted by Gasteiger charge is -2.30. The Balaban J connectivity index is 0.983. The number of para-hydroxylation sites is 1. The molecule has 0 spiro atoms. The van der Waals surface area contributed by atoms with Crippen molar-refractivity contribution >= 4 is 82.1 Å². The molecule has 12 aromatic rings. The van der Waals surface area contributed by atoms with E-state index in [0.717, 1.165) is 34.1 Å². The molecule has 0 fully saturated rings. The third-order valence-corrected chi connectivity index (χ3v) is 16.7. The molecule has 0 atom stereocenters. The van der Waals surface area contributed by atoms with Crippen LogP contribution in [-0.4, -0.2) is 4.40 Å². The molecule has 0 N–H and O–H groups in total. The van der Waals surface area contributed by atoms with E-state index in [9.17, 15) is 0 Å². The first kappa shape index (κ1) is 45.0. The van der Waals surface area contributed by atoms with E-state index in [2.05, 4.69) is 282 Å². The summed E-state index contributed by atoms with van der Waals surface area (Å²) in [5.74, 6) is 0. The van der Waals surface area contributed by atoms with Gasteiger partial charge in [-0.3, -0.25) is 0 Å². The average Bonchev–Trinajstić information content (AvgIpc) is 4.11. The highest BCUT2D eigenvalue weighted by Gasteiger charge is 2.42. The molecule has 356 valence electrons. The monoisotopic (exact) mass is 961 g/mol. The lowest BCUT2D eigenvalue weighted by Crippen LogP contribution is -2.17. The van der Waals surface area contributed by atoms with Gasteiger partial charge in [0.25, 0.3) is 0 Å². The molecule has 0 bridgehead atoms. The zero-order valence-electron chi connectivity index (χ0n) is 43.0. The smallest absolute Gasteiger partial charge is 0.0728 e. The van der Waals surface area contributed by atoms with Gasteiger partial charge in [-0.25, -0.2) is 0 Å². The zero-order chi connectivity index (χ0) is 50.0. The number of fused-ring (bicyclic) bond motifs is 10. The predicted octanol–water partition coefficient (Wildman–Crippen LogP) is 20.1. The van der Waals surface area contributed by atoms with E-state index in [1.54, 1.807) is 0 Å². The van der Waals surface area contributed by atoms with E-state index >= 15 is 0 Å². The Morgan fingerprint density at radius 2 is 0.863 bits per heavy atom. The minimum atomic E-state index is -0.263. The number of thiophene rings is 1. The lowest BCUT2D eigenvalue weighted by atomic mass is 9.81. The van der Waals surface area contributed by atoms with Crippen molar-refractivity contribution < 1.29 is 0 Å². The second kappa shape index (κ2) is 16.6. The van der Waals surface area contributed by atoms with Crippen molar-refractivity contribution in [2.24, 2.45) is 0 Å². The molecule has 1 aliphatic rings. The van der Waals surface area contributed by atoms with Crippen LogP contribution in [0.3, 0.4) is 0 Å². The molecule has 1 aliphatic carbocycles. The highest BCUT2D eigenvalue weighted by atomic mass is 32.1. The van der Waals surface area contributed by atoms with Gasteiger partial charge in [-0.2, -0.15) is 0 Å². The van der Waals surface area contributed by atoms with E-state index in [1.807, 2.05) is 11.3 Å². The molecule has 73 heavy (non-hydrogen) atoms. The van der Waals surface area contributed by atoms with E-state index in [-0.39, 0.29) is 16.2 Å². The molecular weight excluding hydrogens is 903 g/mol. The number of anilines is 6. The van der Waals surface area contributed by atoms with Crippen LogP contribution in [0.4, 0.5) is 34.1 Å². The van der Waals surface area contributed by atoms with Gasteiger partial charge in [-0.05, 0) is 134 Å². The molecule has 4 heteroatoms. The second-order valence-corrected chi connectivity index (χ2v) is 23.7. The fourth-order valence-electron chi connectivity index (χ4n) is 11.8. The number of rotatable bonds is 8. The van der Waals surface area contributed by atoms with Crippen LogP contribution >= 0.6 is 11.3 Å². The van der Waals surface area contributed by atoms with Crippen molar-refractivity contribution in [2.75, 3.05) is 9.80 Å². The Morgan fingerprint density at radius 1 is 0.397 bits per heavy atom. The van der Waals surface area contributed by atoms with Crippen molar-refractivity contribution in [3.8, 4) is 33.5 Å². The van der Waals surface area contributed by atoms with Gasteiger partial charge in [0, 0.05) is 66.0 Å². The van der Waals surface area contributed by atoms with Crippen LogP contribution in [-0.2, 0) is 16.2 Å². The highest BCUT2D eigenvalue weighted by Crippen LogP contribution is 2.58. The summed E-state index contributed by atoms with van der Waals surface area (Å²) < 4.78 is 5.26. The summed E-state index contributed by atoms with van der Waals surface area (Å²) >= 11 is 1.93. The van der Waals surface area contributed by atoms with Gasteiger partial charge < -0.3 is 14.2 Å². The SMILES string of the molecule is CC(C)(C)c1cccc(N(c2cccc(-c3ccccc3)c2)c2ccc3c(c2)C(C)(C)c2c-3n3c4c2cccc4c2sc4cc(N(c5cccc(-c6ccccc6)c5)c5cccc(C(C)(C)C)c5)ccc4c23)c1. The molecule has 9 aromatic carbocycles. The van der Waals surface area contributed by atoms with Gasteiger partial charge >= 0.3 is 0 Å². The number of hydrogen-bond donors (Lipinski definition) is 0. The number of nitrogens with zero attached hydrogens (tertiary/aromatic N) is 3. The zero-order valence-corrected chi connectivity index (χ0v) is 43.8. The van der Waals surface area contributed by atoms with Crippen molar-refractivity contribution in [3.05, 3.63) is 235 Å². The highest BCUT2D eigenvalue weighted by molar-refractivity contribution is 7.26. The first-order chi connectivity index (χ1) is 35.2.